The topological polar surface area (TPSA) is 62.0 Å². The first-order valence-electron chi connectivity index (χ1n) is 5.01. The van der Waals surface area contributed by atoms with Crippen molar-refractivity contribution in [2.45, 2.75) is 0 Å². The molecule has 6 heteroatoms. The number of nitrogens with one attached hydrogen (secondary N) is 2. The molecular weight excluding hydrogens is 242 g/mol. The van der Waals surface area contributed by atoms with Crippen LogP contribution in [0.2, 0.25) is 0 Å². The highest BCUT2D eigenvalue weighted by Crippen LogP contribution is 2.12. The minimum atomic E-state index is -0.834. The summed E-state index contributed by atoms with van der Waals surface area (Å²) in [4.78, 5) is 25.0. The molecule has 1 heterocycles. The van der Waals surface area contributed by atoms with Gasteiger partial charge in [-0.3, -0.25) is 9.59 Å². The highest BCUT2D eigenvalue weighted by atomic mass is 19.1. The van der Waals surface area contributed by atoms with E-state index < -0.39 is 28.7 Å². The Kier molecular flexibility index (Phi) is 3.18. The Morgan fingerprint density at radius 1 is 1.17 bits per heavy atom. The molecule has 1 aromatic carbocycles. The second-order valence-corrected chi connectivity index (χ2v) is 3.52. The molecule has 0 saturated carbocycles. The second-order valence-electron chi connectivity index (χ2n) is 3.52. The molecule has 4 nitrogen and oxygen atoms in total. The third-order valence-corrected chi connectivity index (χ3v) is 2.21. The minimum absolute atomic E-state index is 0.201. The van der Waals surface area contributed by atoms with E-state index in [1.54, 1.807) is 0 Å². The van der Waals surface area contributed by atoms with Gasteiger partial charge < -0.3 is 10.3 Å². The number of rotatable bonds is 2. The van der Waals surface area contributed by atoms with E-state index in [9.17, 15) is 18.4 Å². The molecule has 2 rings (SSSR count). The van der Waals surface area contributed by atoms with Gasteiger partial charge in [0.05, 0.1) is 5.56 Å². The van der Waals surface area contributed by atoms with Crippen LogP contribution >= 0.6 is 0 Å². The summed E-state index contributed by atoms with van der Waals surface area (Å²) in [7, 11) is 0. The summed E-state index contributed by atoms with van der Waals surface area (Å²) in [6, 6.07) is 5.13. The van der Waals surface area contributed by atoms with Crippen LogP contribution in [-0.2, 0) is 0 Å². The van der Waals surface area contributed by atoms with Crippen molar-refractivity contribution in [3.8, 4) is 0 Å². The molecule has 0 aliphatic carbocycles. The van der Waals surface area contributed by atoms with Crippen molar-refractivity contribution in [2.24, 2.45) is 0 Å². The van der Waals surface area contributed by atoms with Crippen LogP contribution in [0.4, 0.5) is 14.5 Å². The number of carbonyl (C=O) groups is 1. The van der Waals surface area contributed by atoms with Gasteiger partial charge in [-0.05, 0) is 24.3 Å². The monoisotopic (exact) mass is 250 g/mol. The molecule has 0 unspecified atom stereocenters. The number of aromatic nitrogens is 1. The summed E-state index contributed by atoms with van der Waals surface area (Å²) >= 11 is 0. The van der Waals surface area contributed by atoms with Crippen LogP contribution in [0.15, 0.2) is 41.3 Å². The maximum Gasteiger partial charge on any atom is 0.258 e. The van der Waals surface area contributed by atoms with Crippen LogP contribution in [0.25, 0.3) is 0 Å². The third-order valence-electron chi connectivity index (χ3n) is 2.21. The molecule has 0 spiro atoms. The number of carbonyl (C=O) groups excluding carboxylic acids is 1. The largest absolute Gasteiger partial charge is 0.329 e. The highest BCUT2D eigenvalue weighted by Gasteiger charge is 2.13. The Balaban J connectivity index is 2.27. The standard InChI is InChI=1S/C12H8F2N2O2/c13-7-1-2-10(14)9(5-7)12(18)16-8-3-4-15-11(17)6-8/h1-6H,(H2,15,16,17,18). The minimum Gasteiger partial charge on any atom is -0.329 e. The number of amides is 1. The average Bonchev–Trinajstić information content (AvgIpc) is 2.32. The lowest BCUT2D eigenvalue weighted by Crippen LogP contribution is -2.16. The fourth-order valence-electron chi connectivity index (χ4n) is 1.39. The zero-order valence-corrected chi connectivity index (χ0v) is 9.04. The summed E-state index contributed by atoms with van der Waals surface area (Å²) in [6.07, 6.45) is 1.33. The van der Waals surface area contributed by atoms with Crippen LogP contribution in [-0.4, -0.2) is 10.9 Å². The van der Waals surface area contributed by atoms with Gasteiger partial charge in [0.15, 0.2) is 0 Å². The van der Waals surface area contributed by atoms with Crippen LogP contribution in [0.3, 0.4) is 0 Å². The van der Waals surface area contributed by atoms with Gasteiger partial charge in [-0.25, -0.2) is 8.78 Å². The predicted molar refractivity (Wildman–Crippen MR) is 61.4 cm³/mol. The lowest BCUT2D eigenvalue weighted by Gasteiger charge is -2.05. The molecule has 0 fully saturated rings. The summed E-state index contributed by atoms with van der Waals surface area (Å²) in [6.45, 7) is 0. The SMILES string of the molecule is O=C(Nc1cc[nH]c(=O)c1)c1cc(F)ccc1F. The van der Waals surface area contributed by atoms with Crippen LogP contribution in [0.5, 0.6) is 0 Å². The normalized spacial score (nSPS) is 10.1. The smallest absolute Gasteiger partial charge is 0.258 e. The maximum absolute atomic E-state index is 13.3. The summed E-state index contributed by atoms with van der Waals surface area (Å²) in [5.74, 6) is -2.37. The molecule has 1 aromatic heterocycles. The van der Waals surface area contributed by atoms with Crippen LogP contribution in [0, 0.1) is 11.6 Å². The molecule has 18 heavy (non-hydrogen) atoms. The van der Waals surface area contributed by atoms with E-state index in [0.29, 0.717) is 0 Å². The van der Waals surface area contributed by atoms with Crippen molar-refractivity contribution in [2.75, 3.05) is 5.32 Å². The third kappa shape index (κ3) is 2.60. The lowest BCUT2D eigenvalue weighted by atomic mass is 10.2. The molecule has 0 saturated heterocycles. The van der Waals surface area contributed by atoms with Gasteiger partial charge in [-0.15, -0.1) is 0 Å². The van der Waals surface area contributed by atoms with Crippen molar-refractivity contribution < 1.29 is 13.6 Å². The lowest BCUT2D eigenvalue weighted by molar-refractivity contribution is 0.102. The van der Waals surface area contributed by atoms with E-state index in [1.807, 2.05) is 0 Å². The number of pyridine rings is 1. The van der Waals surface area contributed by atoms with Gasteiger partial charge >= 0.3 is 0 Å². The van der Waals surface area contributed by atoms with Crippen molar-refractivity contribution in [3.63, 3.8) is 0 Å². The van der Waals surface area contributed by atoms with Gasteiger partial charge in [-0.2, -0.15) is 0 Å². The van der Waals surface area contributed by atoms with E-state index >= 15 is 0 Å². The fraction of sp³-hybridized carbons (Fsp3) is 0. The molecule has 0 radical (unpaired) electrons. The number of H-pyrrole nitrogens is 1. The molecule has 0 atom stereocenters. The molecule has 1 amide bonds. The van der Waals surface area contributed by atoms with E-state index in [4.69, 9.17) is 0 Å². The van der Waals surface area contributed by atoms with Gasteiger partial charge in [-0.1, -0.05) is 0 Å². The first-order chi connectivity index (χ1) is 8.56. The average molecular weight is 250 g/mol. The zero-order chi connectivity index (χ0) is 13.1. The molecule has 0 bridgehead atoms. The predicted octanol–water partition coefficient (Wildman–Crippen LogP) is 1.91. The molecule has 2 N–H and O–H groups in total. The van der Waals surface area contributed by atoms with Crippen LogP contribution in [0.1, 0.15) is 10.4 Å². The van der Waals surface area contributed by atoms with Gasteiger partial charge in [0.1, 0.15) is 11.6 Å². The summed E-state index contributed by atoms with van der Waals surface area (Å²) in [5.41, 5.74) is -0.629. The van der Waals surface area contributed by atoms with Gasteiger partial charge in [0.25, 0.3) is 5.91 Å². The Morgan fingerprint density at radius 3 is 2.67 bits per heavy atom. The Labute approximate surface area is 100 Å². The number of halogens is 2. The van der Waals surface area contributed by atoms with Crippen molar-refractivity contribution in [3.05, 3.63) is 64.1 Å². The summed E-state index contributed by atoms with van der Waals surface area (Å²) < 4.78 is 26.2. The van der Waals surface area contributed by atoms with E-state index in [-0.39, 0.29) is 5.69 Å². The Hall–Kier alpha value is -2.50. The van der Waals surface area contributed by atoms with Gasteiger partial charge in [0.2, 0.25) is 5.56 Å². The van der Waals surface area contributed by atoms with Crippen LogP contribution < -0.4 is 10.9 Å². The Morgan fingerprint density at radius 2 is 1.94 bits per heavy atom. The first-order valence-corrected chi connectivity index (χ1v) is 5.01. The quantitative estimate of drug-likeness (QED) is 0.855. The van der Waals surface area contributed by atoms with E-state index in [1.165, 1.54) is 12.3 Å². The number of benzene rings is 1. The molecule has 0 aliphatic rings. The summed E-state index contributed by atoms with van der Waals surface area (Å²) in [5, 5.41) is 2.30. The molecule has 2 aromatic rings. The van der Waals surface area contributed by atoms with Crippen molar-refractivity contribution >= 4 is 11.6 Å². The first kappa shape index (κ1) is 12.0. The van der Waals surface area contributed by atoms with Gasteiger partial charge in [0, 0.05) is 18.0 Å². The van der Waals surface area contributed by atoms with E-state index in [2.05, 4.69) is 10.3 Å². The fourth-order valence-corrected chi connectivity index (χ4v) is 1.39. The number of anilines is 1. The molecular formula is C12H8F2N2O2. The number of hydrogen-bond acceptors (Lipinski definition) is 2. The van der Waals surface area contributed by atoms with Crippen molar-refractivity contribution in [1.29, 1.82) is 0 Å². The maximum atomic E-state index is 13.3. The Bertz CT molecular complexity index is 653. The number of aromatic amines is 1. The highest BCUT2D eigenvalue weighted by molar-refractivity contribution is 6.04. The molecule has 92 valence electrons. The zero-order valence-electron chi connectivity index (χ0n) is 9.04. The van der Waals surface area contributed by atoms with E-state index in [0.717, 1.165) is 24.3 Å². The molecule has 0 aliphatic heterocycles. The number of hydrogen-bond donors (Lipinski definition) is 2. The second kappa shape index (κ2) is 4.79. The van der Waals surface area contributed by atoms with Crippen molar-refractivity contribution in [1.82, 2.24) is 4.98 Å².